The van der Waals surface area contributed by atoms with E-state index in [1.807, 2.05) is 51.2 Å². The Kier molecular flexibility index (Phi) is 13.3. The zero-order valence-electron chi connectivity index (χ0n) is 25.7. The molecule has 244 valence electrons. The largest absolute Gasteiger partial charge is 0.475 e. The Morgan fingerprint density at radius 1 is 0.933 bits per heavy atom. The number of aliphatic carboxylic acids is 1. The van der Waals surface area contributed by atoms with Crippen molar-refractivity contribution >= 4 is 53.8 Å². The molecule has 2 fully saturated rings. The van der Waals surface area contributed by atoms with Gasteiger partial charge in [0.15, 0.2) is 0 Å². The van der Waals surface area contributed by atoms with Crippen molar-refractivity contribution < 1.29 is 29.1 Å². The fraction of sp³-hybridized carbons (Fsp3) is 0.469. The number of piperidine rings is 1. The second-order valence-corrected chi connectivity index (χ2v) is 12.6. The highest BCUT2D eigenvalue weighted by Crippen LogP contribution is 2.42. The summed E-state index contributed by atoms with van der Waals surface area (Å²) in [5, 5.41) is 17.8. The summed E-state index contributed by atoms with van der Waals surface area (Å²) in [6.45, 7) is 4.81. The fourth-order valence-corrected chi connectivity index (χ4v) is 7.04. The molecule has 1 unspecified atom stereocenters. The number of carbonyl (C=O) groups excluding carboxylic acids is 4. The number of hydrogen-bond donors (Lipinski definition) is 4. The number of carboxylic acids is 1. The number of halogens is 1. The summed E-state index contributed by atoms with van der Waals surface area (Å²) in [5.74, 6) is -3.88. The summed E-state index contributed by atoms with van der Waals surface area (Å²) >= 11 is 1.41. The molecular formula is C32H42ClN5O6S. The number of ketones is 1. The summed E-state index contributed by atoms with van der Waals surface area (Å²) in [6, 6.07) is 14.9. The third-order valence-electron chi connectivity index (χ3n) is 8.17. The minimum atomic E-state index is -1.65. The molecule has 2 saturated heterocycles. The van der Waals surface area contributed by atoms with E-state index in [0.29, 0.717) is 24.7 Å². The van der Waals surface area contributed by atoms with Crippen LogP contribution in [0.3, 0.4) is 0 Å². The molecule has 2 heterocycles. The van der Waals surface area contributed by atoms with Gasteiger partial charge in [0.2, 0.25) is 11.8 Å². The van der Waals surface area contributed by atoms with Gasteiger partial charge >= 0.3 is 12.0 Å². The van der Waals surface area contributed by atoms with Crippen LogP contribution in [0.25, 0.3) is 0 Å². The van der Waals surface area contributed by atoms with Crippen LogP contribution in [0.2, 0.25) is 0 Å². The van der Waals surface area contributed by atoms with Gasteiger partial charge in [-0.3, -0.25) is 14.4 Å². The molecule has 0 spiro atoms. The third-order valence-corrected chi connectivity index (χ3v) is 9.49. The maximum absolute atomic E-state index is 14.3. The van der Waals surface area contributed by atoms with Crippen LogP contribution >= 0.6 is 24.2 Å². The van der Waals surface area contributed by atoms with Gasteiger partial charge in [0, 0.05) is 31.3 Å². The third kappa shape index (κ3) is 8.99. The molecule has 2 aliphatic heterocycles. The summed E-state index contributed by atoms with van der Waals surface area (Å²) in [4.78, 5) is 69.0. The lowest BCUT2D eigenvalue weighted by molar-refractivity contribution is -0.151. The van der Waals surface area contributed by atoms with Crippen LogP contribution in [0.15, 0.2) is 60.7 Å². The summed E-state index contributed by atoms with van der Waals surface area (Å²) in [6.07, 6.45) is 1.61. The molecular weight excluding hydrogens is 618 g/mol. The van der Waals surface area contributed by atoms with E-state index in [9.17, 15) is 29.1 Å². The van der Waals surface area contributed by atoms with E-state index in [2.05, 4.69) is 16.0 Å². The second-order valence-electron chi connectivity index (χ2n) is 11.5. The van der Waals surface area contributed by atoms with Crippen LogP contribution in [-0.4, -0.2) is 94.6 Å². The Balaban J connectivity index is 0.00000552. The highest BCUT2D eigenvalue weighted by molar-refractivity contribution is 7.99. The van der Waals surface area contributed by atoms with Crippen LogP contribution in [0.5, 0.6) is 0 Å². The summed E-state index contributed by atoms with van der Waals surface area (Å²) in [5.41, 5.74) is 1.50. The quantitative estimate of drug-likeness (QED) is 0.269. The number of thioether (sulfide) groups is 1. The monoisotopic (exact) mass is 659 g/mol. The zero-order chi connectivity index (χ0) is 31.8. The molecule has 2 aromatic rings. The van der Waals surface area contributed by atoms with E-state index >= 15 is 0 Å². The van der Waals surface area contributed by atoms with Crippen molar-refractivity contribution in [3.8, 4) is 0 Å². The maximum Gasteiger partial charge on any atom is 0.374 e. The number of benzene rings is 2. The predicted octanol–water partition coefficient (Wildman–Crippen LogP) is 2.85. The normalized spacial score (nSPS) is 19.7. The Morgan fingerprint density at radius 2 is 1.53 bits per heavy atom. The van der Waals surface area contributed by atoms with Gasteiger partial charge in [-0.05, 0) is 36.9 Å². The number of nitrogens with one attached hydrogen (secondary N) is 3. The van der Waals surface area contributed by atoms with Gasteiger partial charge in [0.25, 0.3) is 5.78 Å². The van der Waals surface area contributed by atoms with E-state index in [0.717, 1.165) is 18.4 Å². The minimum absolute atomic E-state index is 0. The molecule has 11 nitrogen and oxygen atoms in total. The Hall–Kier alpha value is -3.61. The Bertz CT molecular complexity index is 1330. The first-order valence-corrected chi connectivity index (χ1v) is 16.0. The topological polar surface area (TPSA) is 148 Å². The van der Waals surface area contributed by atoms with Crippen molar-refractivity contribution in [3.05, 3.63) is 71.8 Å². The van der Waals surface area contributed by atoms with Crippen LogP contribution in [0.4, 0.5) is 4.79 Å². The van der Waals surface area contributed by atoms with Crippen molar-refractivity contribution in [1.29, 1.82) is 0 Å². The van der Waals surface area contributed by atoms with Gasteiger partial charge in [-0.1, -0.05) is 74.5 Å². The van der Waals surface area contributed by atoms with Gasteiger partial charge < -0.3 is 30.9 Å². The van der Waals surface area contributed by atoms with Crippen LogP contribution in [-0.2, 0) is 25.6 Å². The van der Waals surface area contributed by atoms with Gasteiger partial charge in [-0.15, -0.1) is 24.2 Å². The van der Waals surface area contributed by atoms with Gasteiger partial charge in [-0.2, -0.15) is 0 Å². The summed E-state index contributed by atoms with van der Waals surface area (Å²) < 4.78 is 0. The molecule has 4 amide bonds. The zero-order valence-corrected chi connectivity index (χ0v) is 27.3. The lowest BCUT2D eigenvalue weighted by atomic mass is 10.00. The van der Waals surface area contributed by atoms with E-state index in [-0.39, 0.29) is 36.5 Å². The molecule has 45 heavy (non-hydrogen) atoms. The molecule has 4 atom stereocenters. The van der Waals surface area contributed by atoms with Crippen molar-refractivity contribution in [2.75, 3.05) is 25.9 Å². The van der Waals surface area contributed by atoms with Crippen molar-refractivity contribution in [2.24, 2.45) is 5.92 Å². The van der Waals surface area contributed by atoms with Crippen LogP contribution < -0.4 is 16.0 Å². The lowest BCUT2D eigenvalue weighted by Gasteiger charge is -2.36. The van der Waals surface area contributed by atoms with E-state index in [1.165, 1.54) is 16.7 Å². The molecule has 0 aliphatic carbocycles. The van der Waals surface area contributed by atoms with E-state index in [1.54, 1.807) is 35.2 Å². The van der Waals surface area contributed by atoms with Gasteiger partial charge in [0.1, 0.15) is 23.5 Å². The smallest absolute Gasteiger partial charge is 0.374 e. The number of urea groups is 1. The molecule has 2 aromatic carbocycles. The number of Topliss-reactive ketones (excluding diaryl/α,β-unsaturated/α-hetero) is 1. The standard InChI is InChI=1S/C32H41N5O6S.ClH/c1-20(2)26(35-32(43)36-16-14-23(33-3)15-17-36)29(40)37-25(19-44-30(37)22-12-8-5-9-13-22)28(39)34-24(27(38)31(41)42)18-21-10-6-4-7-11-21;/h4-13,20,23-26,30,33H,14-19H2,1-3H3,(H,34,39)(H,35,43)(H,41,42);1H/t24-,25-,26-,30?;/m0./s1. The van der Waals surface area contributed by atoms with Gasteiger partial charge in [0.05, 0.1) is 0 Å². The number of likely N-dealkylation sites (tertiary alicyclic amines) is 1. The first-order valence-electron chi connectivity index (χ1n) is 14.9. The number of hydrogen-bond acceptors (Lipinski definition) is 7. The van der Waals surface area contributed by atoms with E-state index in [4.69, 9.17) is 0 Å². The Labute approximate surface area is 274 Å². The van der Waals surface area contributed by atoms with Crippen molar-refractivity contribution in [1.82, 2.24) is 25.8 Å². The highest BCUT2D eigenvalue weighted by Gasteiger charge is 2.46. The number of carbonyl (C=O) groups is 5. The second kappa shape index (κ2) is 16.6. The molecule has 0 radical (unpaired) electrons. The van der Waals surface area contributed by atoms with Crippen molar-refractivity contribution in [2.45, 2.75) is 62.7 Å². The minimum Gasteiger partial charge on any atom is -0.475 e. The van der Waals surface area contributed by atoms with Crippen molar-refractivity contribution in [3.63, 3.8) is 0 Å². The average Bonchev–Trinajstić information content (AvgIpc) is 3.49. The molecule has 4 N–H and O–H groups in total. The van der Waals surface area contributed by atoms with Crippen LogP contribution in [0.1, 0.15) is 43.2 Å². The summed E-state index contributed by atoms with van der Waals surface area (Å²) in [7, 11) is 1.90. The first-order chi connectivity index (χ1) is 21.1. The molecule has 4 rings (SSSR count). The number of nitrogens with zero attached hydrogens (tertiary/aromatic N) is 2. The highest BCUT2D eigenvalue weighted by atomic mass is 35.5. The van der Waals surface area contributed by atoms with Gasteiger partial charge in [-0.25, -0.2) is 9.59 Å². The molecule has 0 saturated carbocycles. The molecule has 13 heteroatoms. The maximum atomic E-state index is 14.3. The lowest BCUT2D eigenvalue weighted by Crippen LogP contribution is -2.59. The predicted molar refractivity (Wildman–Crippen MR) is 175 cm³/mol. The first kappa shape index (κ1) is 35.9. The molecule has 2 aliphatic rings. The number of carboxylic acid groups (broad SMARTS) is 1. The fourth-order valence-electron chi connectivity index (χ4n) is 5.60. The van der Waals surface area contributed by atoms with Crippen LogP contribution in [0, 0.1) is 5.92 Å². The van der Waals surface area contributed by atoms with E-state index < -0.39 is 47.1 Å². The number of rotatable bonds is 11. The number of amides is 4. The average molecular weight is 660 g/mol. The molecule has 0 aromatic heterocycles. The SMILES string of the molecule is CNC1CCN(C(=O)N[C@H](C(=O)N2C(c3ccccc3)SC[C@H]2C(=O)N[C@@H](Cc2ccccc2)C(=O)C(=O)O)C(C)C)CC1.Cl. The molecule has 0 bridgehead atoms. The Morgan fingerprint density at radius 3 is 2.09 bits per heavy atom.